The van der Waals surface area contributed by atoms with Gasteiger partial charge in [0.05, 0.1) is 0 Å². The van der Waals surface area contributed by atoms with Crippen LogP contribution in [-0.2, 0) is 22.4 Å². The number of aryl methyl sites for hydroxylation is 2. The van der Waals surface area contributed by atoms with E-state index in [2.05, 4.69) is 67.5 Å². The van der Waals surface area contributed by atoms with E-state index in [1.807, 2.05) is 12.1 Å². The second kappa shape index (κ2) is 14.9. The average molecular weight is 687 g/mol. The van der Waals surface area contributed by atoms with Crippen LogP contribution in [0.5, 0.6) is 23.0 Å². The van der Waals surface area contributed by atoms with Gasteiger partial charge in [0.2, 0.25) is 0 Å². The maximum atomic E-state index is 13.9. The van der Waals surface area contributed by atoms with E-state index < -0.39 is 11.9 Å². The first-order valence-corrected chi connectivity index (χ1v) is 20.0. The quantitative estimate of drug-likeness (QED) is 0.107. The van der Waals surface area contributed by atoms with Crippen molar-refractivity contribution < 1.29 is 28.5 Å². The van der Waals surface area contributed by atoms with Crippen LogP contribution >= 0.6 is 0 Å². The molecular formula is C44H62O6. The molecule has 0 radical (unpaired) electrons. The zero-order valence-electron chi connectivity index (χ0n) is 32.1. The van der Waals surface area contributed by atoms with Crippen LogP contribution in [-0.4, -0.2) is 23.1 Å². The van der Waals surface area contributed by atoms with Gasteiger partial charge in [-0.15, -0.1) is 0 Å². The Morgan fingerprint density at radius 1 is 0.640 bits per heavy atom. The first kappa shape index (κ1) is 36.8. The van der Waals surface area contributed by atoms with Gasteiger partial charge in [0.15, 0.2) is 0 Å². The molecule has 2 fully saturated rings. The van der Waals surface area contributed by atoms with Gasteiger partial charge in [-0.3, -0.25) is 0 Å². The summed E-state index contributed by atoms with van der Waals surface area (Å²) in [6.07, 6.45) is 14.7. The lowest BCUT2D eigenvalue weighted by molar-refractivity contribution is -0.156. The van der Waals surface area contributed by atoms with E-state index in [1.54, 1.807) is 0 Å². The van der Waals surface area contributed by atoms with Gasteiger partial charge in [-0.2, -0.15) is 0 Å². The van der Waals surface area contributed by atoms with E-state index in [-0.39, 0.29) is 23.0 Å². The van der Waals surface area contributed by atoms with Crippen LogP contribution in [0.25, 0.3) is 0 Å². The van der Waals surface area contributed by atoms with Crippen LogP contribution in [0.15, 0.2) is 24.3 Å². The first-order valence-electron chi connectivity index (χ1n) is 20.0. The molecule has 0 N–H and O–H groups in total. The van der Waals surface area contributed by atoms with Crippen LogP contribution in [0.4, 0.5) is 0 Å². The maximum Gasteiger partial charge on any atom is 0.423 e. The number of carbonyl (C=O) groups is 2. The van der Waals surface area contributed by atoms with Crippen LogP contribution in [0, 0.1) is 23.7 Å². The van der Waals surface area contributed by atoms with Crippen molar-refractivity contribution in [1.29, 1.82) is 0 Å². The zero-order chi connectivity index (χ0) is 35.8. The van der Waals surface area contributed by atoms with Crippen molar-refractivity contribution in [2.45, 2.75) is 168 Å². The van der Waals surface area contributed by atoms with Crippen molar-refractivity contribution in [3.63, 3.8) is 0 Å². The highest BCUT2D eigenvalue weighted by molar-refractivity contribution is 6.31. The van der Waals surface area contributed by atoms with Gasteiger partial charge < -0.3 is 18.9 Å². The fraction of sp³-hybridized carbons (Fsp3) is 0.682. The van der Waals surface area contributed by atoms with E-state index in [1.165, 1.54) is 0 Å². The van der Waals surface area contributed by atoms with Gasteiger partial charge in [-0.05, 0) is 138 Å². The lowest BCUT2D eigenvalue weighted by Crippen LogP contribution is -2.47. The molecule has 0 unspecified atom stereocenters. The molecule has 2 aromatic carbocycles. The van der Waals surface area contributed by atoms with E-state index in [0.29, 0.717) is 35.2 Å². The summed E-state index contributed by atoms with van der Waals surface area (Å²) in [6, 6.07) is 8.27. The molecule has 6 heteroatoms. The van der Waals surface area contributed by atoms with Crippen LogP contribution in [0.1, 0.15) is 167 Å². The molecule has 2 aliphatic heterocycles. The third-order valence-corrected chi connectivity index (χ3v) is 12.5. The number of rotatable bonds is 10. The fourth-order valence-electron chi connectivity index (χ4n) is 9.89. The lowest BCUT2D eigenvalue weighted by Gasteiger charge is -2.49. The Kier molecular flexibility index (Phi) is 11.0. The van der Waals surface area contributed by atoms with Crippen molar-refractivity contribution in [3.8, 4) is 23.0 Å². The Balaban J connectivity index is 1.33. The van der Waals surface area contributed by atoms with E-state index in [4.69, 9.17) is 18.9 Å². The second-order valence-electron chi connectivity index (χ2n) is 17.4. The highest BCUT2D eigenvalue weighted by atomic mass is 16.6. The zero-order valence-corrected chi connectivity index (χ0v) is 32.1. The third kappa shape index (κ3) is 7.60. The molecule has 6 nitrogen and oxygen atoms in total. The maximum absolute atomic E-state index is 13.9. The van der Waals surface area contributed by atoms with Crippen molar-refractivity contribution in [3.05, 3.63) is 46.5 Å². The molecule has 4 aliphatic rings. The number of hydrogen-bond acceptors (Lipinski definition) is 6. The Morgan fingerprint density at radius 2 is 1.04 bits per heavy atom. The Morgan fingerprint density at radius 3 is 1.42 bits per heavy atom. The topological polar surface area (TPSA) is 71.1 Å². The number of unbranched alkanes of at least 4 members (excludes halogenated alkanes) is 4. The Hall–Kier alpha value is -3.02. The number of fused-ring (bicyclic) bond motifs is 6. The van der Waals surface area contributed by atoms with Crippen molar-refractivity contribution in [2.75, 3.05) is 0 Å². The molecule has 0 bridgehead atoms. The molecule has 2 aromatic rings. The van der Waals surface area contributed by atoms with Gasteiger partial charge in [0.1, 0.15) is 34.2 Å². The number of ether oxygens (including phenoxy) is 4. The summed E-state index contributed by atoms with van der Waals surface area (Å²) in [4.78, 5) is 27.7. The SMILES string of the molecule is CCCCCc1cc(OC(=O)C(=O)Oc2cc(CCCCC)cc3c2[C@@H]2C[C@H](C)CC[C@H]2C(C)(C)O3)c2c(c1)OC(C)(C)[C@@H]1CC[C@@H](C)C[C@@H]21. The molecule has 0 amide bonds. The predicted molar refractivity (Wildman–Crippen MR) is 199 cm³/mol. The molecule has 2 aliphatic carbocycles. The van der Waals surface area contributed by atoms with E-state index in [9.17, 15) is 9.59 Å². The van der Waals surface area contributed by atoms with E-state index >= 15 is 0 Å². The standard InChI is InChI=1S/C44H62O6/c1-9-11-13-15-29-23-35(39-31-21-27(3)17-19-33(31)43(5,6)49-37(39)25-29)47-41(45)42(46)48-36-24-30(16-14-12-10-2)26-38-40(36)32-22-28(4)18-20-34(32)44(7,8)50-38/h23-28,31-34H,9-22H2,1-8H3/t27-,28-,31-,32-,33-,34-/m1/s1. The monoisotopic (exact) mass is 686 g/mol. The largest absolute Gasteiger partial charge is 0.487 e. The van der Waals surface area contributed by atoms with Crippen LogP contribution in [0.2, 0.25) is 0 Å². The number of benzene rings is 2. The molecule has 50 heavy (non-hydrogen) atoms. The Labute approximate surface area is 301 Å². The molecule has 2 heterocycles. The van der Waals surface area contributed by atoms with Crippen LogP contribution in [0.3, 0.4) is 0 Å². The summed E-state index contributed by atoms with van der Waals surface area (Å²) in [5.41, 5.74) is 3.35. The minimum Gasteiger partial charge on any atom is -0.487 e. The summed E-state index contributed by atoms with van der Waals surface area (Å²) in [7, 11) is 0. The van der Waals surface area contributed by atoms with Crippen molar-refractivity contribution >= 4 is 11.9 Å². The molecule has 6 atom stereocenters. The number of esters is 2. The average Bonchev–Trinajstić information content (AvgIpc) is 3.03. The molecule has 0 spiro atoms. The molecule has 6 rings (SSSR count). The highest BCUT2D eigenvalue weighted by Crippen LogP contribution is 2.57. The summed E-state index contributed by atoms with van der Waals surface area (Å²) in [5, 5.41) is 0. The fourth-order valence-corrected chi connectivity index (χ4v) is 9.89. The minimum atomic E-state index is -0.987. The van der Waals surface area contributed by atoms with Crippen molar-refractivity contribution in [1.82, 2.24) is 0 Å². The van der Waals surface area contributed by atoms with Crippen molar-refractivity contribution in [2.24, 2.45) is 23.7 Å². The molecule has 274 valence electrons. The normalized spacial score (nSPS) is 27.4. The minimum absolute atomic E-state index is 0.193. The lowest BCUT2D eigenvalue weighted by atomic mass is 9.64. The molecule has 0 saturated heterocycles. The smallest absolute Gasteiger partial charge is 0.423 e. The van der Waals surface area contributed by atoms with Gasteiger partial charge in [0.25, 0.3) is 0 Å². The Bertz CT molecular complexity index is 1440. The van der Waals surface area contributed by atoms with Gasteiger partial charge in [0, 0.05) is 23.0 Å². The summed E-state index contributed by atoms with van der Waals surface area (Å²) in [6.45, 7) is 17.8. The molecule has 2 saturated carbocycles. The van der Waals surface area contributed by atoms with E-state index in [0.717, 1.165) is 124 Å². The highest BCUT2D eigenvalue weighted by Gasteiger charge is 2.49. The molecular weight excluding hydrogens is 624 g/mol. The summed E-state index contributed by atoms with van der Waals surface area (Å²) >= 11 is 0. The van der Waals surface area contributed by atoms with Gasteiger partial charge in [-0.25, -0.2) is 9.59 Å². The van der Waals surface area contributed by atoms with Crippen LogP contribution < -0.4 is 18.9 Å². The third-order valence-electron chi connectivity index (χ3n) is 12.5. The predicted octanol–water partition coefficient (Wildman–Crippen LogP) is 11.0. The number of carbonyl (C=O) groups excluding carboxylic acids is 2. The number of hydrogen-bond donors (Lipinski definition) is 0. The summed E-state index contributed by atoms with van der Waals surface area (Å²) in [5.74, 6) is 2.64. The molecule has 0 aromatic heterocycles. The first-order chi connectivity index (χ1) is 23.8. The van der Waals surface area contributed by atoms with Gasteiger partial charge in [-0.1, -0.05) is 66.2 Å². The van der Waals surface area contributed by atoms with Gasteiger partial charge >= 0.3 is 11.9 Å². The summed E-state index contributed by atoms with van der Waals surface area (Å²) < 4.78 is 25.7. The second-order valence-corrected chi connectivity index (χ2v) is 17.4.